The van der Waals surface area contributed by atoms with Gasteiger partial charge in [-0.25, -0.2) is 0 Å². The summed E-state index contributed by atoms with van der Waals surface area (Å²) in [4.78, 5) is 22.6. The molecule has 4 nitrogen and oxygen atoms in total. The summed E-state index contributed by atoms with van der Waals surface area (Å²) in [5, 5.41) is 11.7. The van der Waals surface area contributed by atoms with Crippen LogP contribution in [0.4, 0.5) is 5.69 Å². The highest BCUT2D eigenvalue weighted by atomic mass is 16.4. The molecular weight excluding hydrogens is 242 g/mol. The third-order valence-electron chi connectivity index (χ3n) is 2.76. The summed E-state index contributed by atoms with van der Waals surface area (Å²) >= 11 is 0. The van der Waals surface area contributed by atoms with Crippen LogP contribution in [0, 0.1) is 5.41 Å². The smallest absolute Gasteiger partial charge is 0.310 e. The second-order valence-electron chi connectivity index (χ2n) is 5.97. The van der Waals surface area contributed by atoms with Gasteiger partial charge in [0.05, 0.1) is 5.92 Å². The van der Waals surface area contributed by atoms with Gasteiger partial charge in [0.15, 0.2) is 0 Å². The first-order chi connectivity index (χ1) is 8.69. The molecule has 4 heteroatoms. The molecule has 104 valence electrons. The number of aliphatic carboxylic acids is 1. The average Bonchev–Trinajstić information content (AvgIpc) is 2.26. The third-order valence-corrected chi connectivity index (χ3v) is 2.76. The summed E-state index contributed by atoms with van der Waals surface area (Å²) in [6.45, 7) is 7.65. The van der Waals surface area contributed by atoms with Gasteiger partial charge in [0, 0.05) is 12.1 Å². The van der Waals surface area contributed by atoms with Crippen molar-refractivity contribution in [1.29, 1.82) is 0 Å². The zero-order chi connectivity index (χ0) is 14.6. The van der Waals surface area contributed by atoms with Gasteiger partial charge in [-0.2, -0.15) is 0 Å². The van der Waals surface area contributed by atoms with Crippen LogP contribution >= 0.6 is 0 Å². The van der Waals surface area contributed by atoms with Crippen molar-refractivity contribution in [3.63, 3.8) is 0 Å². The number of anilines is 1. The van der Waals surface area contributed by atoms with Gasteiger partial charge in [0.2, 0.25) is 5.91 Å². The lowest BCUT2D eigenvalue weighted by Crippen LogP contribution is -2.19. The Morgan fingerprint density at radius 2 is 1.74 bits per heavy atom. The van der Waals surface area contributed by atoms with E-state index in [0.29, 0.717) is 12.1 Å². The quantitative estimate of drug-likeness (QED) is 0.876. The van der Waals surface area contributed by atoms with Crippen LogP contribution in [0.5, 0.6) is 0 Å². The minimum Gasteiger partial charge on any atom is -0.481 e. The lowest BCUT2D eigenvalue weighted by atomic mass is 9.92. The summed E-state index contributed by atoms with van der Waals surface area (Å²) in [6.07, 6.45) is 0.445. The van der Waals surface area contributed by atoms with Crippen molar-refractivity contribution < 1.29 is 14.7 Å². The van der Waals surface area contributed by atoms with E-state index in [1.54, 1.807) is 31.2 Å². The first kappa shape index (κ1) is 15.2. The topological polar surface area (TPSA) is 66.4 Å². The van der Waals surface area contributed by atoms with Crippen molar-refractivity contribution in [3.05, 3.63) is 29.8 Å². The van der Waals surface area contributed by atoms with Crippen LogP contribution in [0.2, 0.25) is 0 Å². The molecule has 0 saturated heterocycles. The summed E-state index contributed by atoms with van der Waals surface area (Å²) in [5.74, 6) is -1.43. The number of carboxylic acids is 1. The van der Waals surface area contributed by atoms with Gasteiger partial charge in [-0.05, 0) is 30.0 Å². The molecule has 1 unspecified atom stereocenters. The zero-order valence-corrected chi connectivity index (χ0v) is 11.9. The van der Waals surface area contributed by atoms with E-state index in [4.69, 9.17) is 5.11 Å². The Bertz CT molecular complexity index is 457. The van der Waals surface area contributed by atoms with Crippen LogP contribution in [0.25, 0.3) is 0 Å². The van der Waals surface area contributed by atoms with Crippen LogP contribution in [-0.2, 0) is 9.59 Å². The molecule has 0 aliphatic heterocycles. The Morgan fingerprint density at radius 3 is 2.16 bits per heavy atom. The molecular formula is C15H21NO3. The van der Waals surface area contributed by atoms with Crippen molar-refractivity contribution in [2.45, 2.75) is 40.0 Å². The highest BCUT2D eigenvalue weighted by Crippen LogP contribution is 2.21. The number of hydrogen-bond acceptors (Lipinski definition) is 2. The van der Waals surface area contributed by atoms with E-state index in [9.17, 15) is 9.59 Å². The van der Waals surface area contributed by atoms with E-state index in [1.165, 1.54) is 0 Å². The first-order valence-corrected chi connectivity index (χ1v) is 6.32. The van der Waals surface area contributed by atoms with Crippen molar-refractivity contribution in [2.24, 2.45) is 5.41 Å². The molecule has 1 aromatic carbocycles. The van der Waals surface area contributed by atoms with Gasteiger partial charge in [0.25, 0.3) is 0 Å². The number of hydrogen-bond donors (Lipinski definition) is 2. The Labute approximate surface area is 113 Å². The molecule has 19 heavy (non-hydrogen) atoms. The molecule has 0 saturated carbocycles. The standard InChI is InChI=1S/C15H21NO3/c1-10(14(18)19)11-5-7-12(8-6-11)16-13(17)9-15(2,3)4/h5-8,10H,9H2,1-4H3,(H,16,17)(H,18,19). The normalized spacial score (nSPS) is 12.8. The van der Waals surface area contributed by atoms with Crippen molar-refractivity contribution >= 4 is 17.6 Å². The minimum absolute atomic E-state index is 0.0356. The van der Waals surface area contributed by atoms with E-state index < -0.39 is 11.9 Å². The van der Waals surface area contributed by atoms with E-state index in [-0.39, 0.29) is 11.3 Å². The maximum Gasteiger partial charge on any atom is 0.310 e. The van der Waals surface area contributed by atoms with Crippen LogP contribution in [0.3, 0.4) is 0 Å². The molecule has 0 radical (unpaired) electrons. The lowest BCUT2D eigenvalue weighted by Gasteiger charge is -2.17. The second-order valence-corrected chi connectivity index (χ2v) is 5.97. The SMILES string of the molecule is CC(C(=O)O)c1ccc(NC(=O)CC(C)(C)C)cc1. The van der Waals surface area contributed by atoms with Crippen LogP contribution in [0.15, 0.2) is 24.3 Å². The van der Waals surface area contributed by atoms with E-state index in [2.05, 4.69) is 5.32 Å². The van der Waals surface area contributed by atoms with E-state index in [0.717, 1.165) is 5.56 Å². The monoisotopic (exact) mass is 263 g/mol. The van der Waals surface area contributed by atoms with Gasteiger partial charge in [-0.3, -0.25) is 9.59 Å². The number of rotatable bonds is 4. The highest BCUT2D eigenvalue weighted by molar-refractivity contribution is 5.91. The largest absolute Gasteiger partial charge is 0.481 e. The van der Waals surface area contributed by atoms with Gasteiger partial charge in [-0.1, -0.05) is 32.9 Å². The summed E-state index contributed by atoms with van der Waals surface area (Å²) in [7, 11) is 0. The molecule has 0 spiro atoms. The molecule has 0 aliphatic rings. The maximum absolute atomic E-state index is 11.7. The molecule has 1 rings (SSSR count). The second kappa shape index (κ2) is 5.87. The van der Waals surface area contributed by atoms with Crippen molar-refractivity contribution in [2.75, 3.05) is 5.32 Å². The lowest BCUT2D eigenvalue weighted by molar-refractivity contribution is -0.138. The Hall–Kier alpha value is -1.84. The van der Waals surface area contributed by atoms with Gasteiger partial charge in [0.1, 0.15) is 0 Å². The van der Waals surface area contributed by atoms with Crippen LogP contribution in [-0.4, -0.2) is 17.0 Å². The number of amides is 1. The molecule has 0 aliphatic carbocycles. The van der Waals surface area contributed by atoms with Gasteiger partial charge >= 0.3 is 5.97 Å². The predicted octanol–water partition coefficient (Wildman–Crippen LogP) is 3.25. The average molecular weight is 263 g/mol. The number of benzene rings is 1. The fourth-order valence-corrected chi connectivity index (χ4v) is 1.68. The van der Waals surface area contributed by atoms with Crippen LogP contribution < -0.4 is 5.32 Å². The van der Waals surface area contributed by atoms with Gasteiger partial charge in [-0.15, -0.1) is 0 Å². The molecule has 2 N–H and O–H groups in total. The molecule has 1 atom stereocenters. The molecule has 0 heterocycles. The number of carboxylic acid groups (broad SMARTS) is 1. The van der Waals surface area contributed by atoms with Crippen LogP contribution in [0.1, 0.15) is 45.6 Å². The molecule has 0 bridgehead atoms. The number of nitrogens with one attached hydrogen (secondary N) is 1. The zero-order valence-electron chi connectivity index (χ0n) is 11.9. The highest BCUT2D eigenvalue weighted by Gasteiger charge is 2.16. The summed E-state index contributed by atoms with van der Waals surface area (Å²) in [6, 6.07) is 6.92. The Kier molecular flexibility index (Phi) is 4.70. The fraction of sp³-hybridized carbons (Fsp3) is 0.467. The van der Waals surface area contributed by atoms with Crippen molar-refractivity contribution in [1.82, 2.24) is 0 Å². The molecule has 0 aromatic heterocycles. The first-order valence-electron chi connectivity index (χ1n) is 6.32. The van der Waals surface area contributed by atoms with Crippen molar-refractivity contribution in [3.8, 4) is 0 Å². The predicted molar refractivity (Wildman–Crippen MR) is 75.2 cm³/mol. The minimum atomic E-state index is -0.857. The van der Waals surface area contributed by atoms with E-state index >= 15 is 0 Å². The van der Waals surface area contributed by atoms with Gasteiger partial charge < -0.3 is 10.4 Å². The Morgan fingerprint density at radius 1 is 1.21 bits per heavy atom. The number of carbonyl (C=O) groups excluding carboxylic acids is 1. The number of carbonyl (C=O) groups is 2. The molecule has 1 amide bonds. The maximum atomic E-state index is 11.7. The third kappa shape index (κ3) is 5.12. The Balaban J connectivity index is 2.67. The van der Waals surface area contributed by atoms with E-state index in [1.807, 2.05) is 20.8 Å². The summed E-state index contributed by atoms with van der Waals surface area (Å²) < 4.78 is 0. The molecule has 0 fully saturated rings. The summed E-state index contributed by atoms with van der Waals surface area (Å²) in [5.41, 5.74) is 1.36. The molecule has 1 aromatic rings. The fourth-order valence-electron chi connectivity index (χ4n) is 1.68.